The van der Waals surface area contributed by atoms with Crippen molar-refractivity contribution in [3.63, 3.8) is 0 Å². The molecule has 1 aromatic carbocycles. The van der Waals surface area contributed by atoms with E-state index in [1.807, 2.05) is 0 Å². The third-order valence-electron chi connectivity index (χ3n) is 2.26. The number of aliphatic hydroxyl groups is 2. The van der Waals surface area contributed by atoms with Crippen LogP contribution >= 0.6 is 12.6 Å². The second-order valence-corrected chi connectivity index (χ2v) is 3.75. The topological polar surface area (TPSA) is 101 Å². The first kappa shape index (κ1) is 13.6. The number of nitro groups is 1. The lowest BCUT2D eigenvalue weighted by Gasteiger charge is -2.16. The van der Waals surface area contributed by atoms with E-state index in [9.17, 15) is 25.1 Å². The minimum absolute atomic E-state index is 0.0340. The summed E-state index contributed by atoms with van der Waals surface area (Å²) in [7, 11) is 0. The third-order valence-corrected chi connectivity index (χ3v) is 2.63. The van der Waals surface area contributed by atoms with Crippen molar-refractivity contribution in [2.75, 3.05) is 5.75 Å². The Balaban J connectivity index is 3.23. The van der Waals surface area contributed by atoms with Crippen LogP contribution in [-0.2, 0) is 0 Å². The van der Waals surface area contributed by atoms with Crippen molar-refractivity contribution in [2.24, 2.45) is 0 Å². The molecule has 92 valence electrons. The van der Waals surface area contributed by atoms with E-state index in [0.717, 1.165) is 6.07 Å². The standard InChI is InChI=1S/C10H11NO5S/c12-4-6-1-2-7(8(3-6)11(15)16)10(14)9(13)5-17/h1-4,9-10,13-14,17H,5H2. The lowest BCUT2D eigenvalue weighted by Crippen LogP contribution is -2.20. The molecule has 0 amide bonds. The van der Waals surface area contributed by atoms with Crippen molar-refractivity contribution in [3.05, 3.63) is 39.4 Å². The van der Waals surface area contributed by atoms with Gasteiger partial charge in [-0.1, -0.05) is 6.07 Å². The number of hydrogen-bond donors (Lipinski definition) is 3. The molecule has 0 radical (unpaired) electrons. The molecule has 2 unspecified atom stereocenters. The van der Waals surface area contributed by atoms with Gasteiger partial charge >= 0.3 is 0 Å². The van der Waals surface area contributed by atoms with Crippen LogP contribution < -0.4 is 0 Å². The molecule has 2 N–H and O–H groups in total. The first-order valence-electron chi connectivity index (χ1n) is 4.71. The van der Waals surface area contributed by atoms with Crippen molar-refractivity contribution < 1.29 is 19.9 Å². The summed E-state index contributed by atoms with van der Waals surface area (Å²) in [6, 6.07) is 3.64. The van der Waals surface area contributed by atoms with Crippen molar-refractivity contribution in [1.82, 2.24) is 0 Å². The Kier molecular flexibility index (Phi) is 4.62. The summed E-state index contributed by atoms with van der Waals surface area (Å²) < 4.78 is 0. The number of rotatable bonds is 5. The van der Waals surface area contributed by atoms with Gasteiger partial charge in [-0.25, -0.2) is 0 Å². The Hall–Kier alpha value is -1.44. The number of carbonyl (C=O) groups excluding carboxylic acids is 1. The fourth-order valence-corrected chi connectivity index (χ4v) is 1.55. The molecule has 0 saturated heterocycles. The number of aldehydes is 1. The predicted molar refractivity (Wildman–Crippen MR) is 63.3 cm³/mol. The van der Waals surface area contributed by atoms with E-state index in [4.69, 9.17) is 0 Å². The molecule has 0 aliphatic rings. The van der Waals surface area contributed by atoms with E-state index in [2.05, 4.69) is 12.6 Å². The number of nitro benzene ring substituents is 1. The summed E-state index contributed by atoms with van der Waals surface area (Å²) >= 11 is 3.79. The fraction of sp³-hybridized carbons (Fsp3) is 0.300. The van der Waals surface area contributed by atoms with Gasteiger partial charge in [0.2, 0.25) is 0 Å². The zero-order valence-electron chi connectivity index (χ0n) is 8.68. The zero-order chi connectivity index (χ0) is 13.0. The van der Waals surface area contributed by atoms with Crippen molar-refractivity contribution in [2.45, 2.75) is 12.2 Å². The average Bonchev–Trinajstić information content (AvgIpc) is 2.35. The number of carbonyl (C=O) groups is 1. The summed E-state index contributed by atoms with van der Waals surface area (Å²) in [5, 5.41) is 29.9. The van der Waals surface area contributed by atoms with Gasteiger partial charge in [0.1, 0.15) is 12.4 Å². The Bertz CT molecular complexity index is 437. The Morgan fingerprint density at radius 3 is 2.59 bits per heavy atom. The highest BCUT2D eigenvalue weighted by Crippen LogP contribution is 2.28. The first-order valence-corrected chi connectivity index (χ1v) is 5.35. The van der Waals surface area contributed by atoms with Gasteiger partial charge < -0.3 is 10.2 Å². The van der Waals surface area contributed by atoms with Gasteiger partial charge in [-0.2, -0.15) is 12.6 Å². The summed E-state index contributed by atoms with van der Waals surface area (Å²) in [5.74, 6) is -0.0340. The van der Waals surface area contributed by atoms with Gasteiger partial charge in [0.25, 0.3) is 5.69 Å². The van der Waals surface area contributed by atoms with E-state index >= 15 is 0 Å². The van der Waals surface area contributed by atoms with Gasteiger partial charge in [0, 0.05) is 17.4 Å². The number of aliphatic hydroxyl groups excluding tert-OH is 2. The minimum atomic E-state index is -1.41. The third kappa shape index (κ3) is 3.02. The van der Waals surface area contributed by atoms with Crippen molar-refractivity contribution in [1.29, 1.82) is 0 Å². The molecule has 7 heteroatoms. The Morgan fingerprint density at radius 1 is 1.47 bits per heavy atom. The maximum absolute atomic E-state index is 10.8. The number of nitrogens with zero attached hydrogens (tertiary/aromatic N) is 1. The van der Waals surface area contributed by atoms with Gasteiger partial charge in [-0.05, 0) is 6.07 Å². The first-order chi connectivity index (χ1) is 8.01. The summed E-state index contributed by atoms with van der Waals surface area (Å²) in [6.45, 7) is 0. The highest BCUT2D eigenvalue weighted by molar-refractivity contribution is 7.80. The molecule has 0 aromatic heterocycles. The lowest BCUT2D eigenvalue weighted by atomic mass is 10.0. The highest BCUT2D eigenvalue weighted by atomic mass is 32.1. The number of thiol groups is 1. The lowest BCUT2D eigenvalue weighted by molar-refractivity contribution is -0.386. The SMILES string of the molecule is O=Cc1ccc(C(O)C(O)CS)c([N+](=O)[O-])c1. The summed E-state index contributed by atoms with van der Waals surface area (Å²) in [6.07, 6.45) is -2.15. The predicted octanol–water partition coefficient (Wildman–Crippen LogP) is 0.731. The van der Waals surface area contributed by atoms with Crippen molar-refractivity contribution in [3.8, 4) is 0 Å². The van der Waals surface area contributed by atoms with Gasteiger partial charge in [-0.3, -0.25) is 14.9 Å². The molecule has 0 saturated carbocycles. The summed E-state index contributed by atoms with van der Waals surface area (Å²) in [4.78, 5) is 20.6. The summed E-state index contributed by atoms with van der Waals surface area (Å²) in [5.41, 5.74) is -0.307. The second kappa shape index (κ2) is 5.76. The molecular weight excluding hydrogens is 246 g/mol. The second-order valence-electron chi connectivity index (χ2n) is 3.39. The molecule has 0 aliphatic carbocycles. The molecule has 1 aromatic rings. The van der Waals surface area contributed by atoms with Crippen LogP contribution in [0.2, 0.25) is 0 Å². The fourth-order valence-electron chi connectivity index (χ4n) is 1.35. The number of hydrogen-bond acceptors (Lipinski definition) is 6. The average molecular weight is 257 g/mol. The Morgan fingerprint density at radius 2 is 2.12 bits per heavy atom. The van der Waals surface area contributed by atoms with E-state index in [-0.39, 0.29) is 16.9 Å². The van der Waals surface area contributed by atoms with E-state index in [1.165, 1.54) is 12.1 Å². The van der Waals surface area contributed by atoms with Crippen LogP contribution in [0, 0.1) is 10.1 Å². The van der Waals surface area contributed by atoms with Crippen LogP contribution in [0.4, 0.5) is 5.69 Å². The zero-order valence-corrected chi connectivity index (χ0v) is 9.58. The highest BCUT2D eigenvalue weighted by Gasteiger charge is 2.25. The largest absolute Gasteiger partial charge is 0.389 e. The van der Waals surface area contributed by atoms with E-state index in [0.29, 0.717) is 6.29 Å². The molecule has 6 nitrogen and oxygen atoms in total. The molecule has 17 heavy (non-hydrogen) atoms. The number of benzene rings is 1. The van der Waals surface area contributed by atoms with E-state index < -0.39 is 22.8 Å². The van der Waals surface area contributed by atoms with Crippen LogP contribution in [0.5, 0.6) is 0 Å². The maximum Gasteiger partial charge on any atom is 0.276 e. The van der Waals surface area contributed by atoms with Gasteiger partial charge in [0.05, 0.1) is 16.6 Å². The minimum Gasteiger partial charge on any atom is -0.389 e. The van der Waals surface area contributed by atoms with Crippen LogP contribution in [-0.4, -0.2) is 33.3 Å². The van der Waals surface area contributed by atoms with Gasteiger partial charge in [-0.15, -0.1) is 0 Å². The van der Waals surface area contributed by atoms with Crippen LogP contribution in [0.1, 0.15) is 22.0 Å². The van der Waals surface area contributed by atoms with Crippen LogP contribution in [0.25, 0.3) is 0 Å². The molecule has 0 aliphatic heterocycles. The van der Waals surface area contributed by atoms with Crippen LogP contribution in [0.15, 0.2) is 18.2 Å². The smallest absolute Gasteiger partial charge is 0.276 e. The molecule has 0 bridgehead atoms. The quantitative estimate of drug-likeness (QED) is 0.312. The van der Waals surface area contributed by atoms with Crippen molar-refractivity contribution >= 4 is 24.6 Å². The molecule has 0 spiro atoms. The van der Waals surface area contributed by atoms with Gasteiger partial charge in [0.15, 0.2) is 0 Å². The molecular formula is C10H11NO5S. The molecule has 0 fully saturated rings. The molecule has 2 atom stereocenters. The molecule has 0 heterocycles. The van der Waals surface area contributed by atoms with E-state index in [1.54, 1.807) is 0 Å². The monoisotopic (exact) mass is 257 g/mol. The maximum atomic E-state index is 10.8. The Labute approximate surface area is 102 Å². The molecule has 1 rings (SSSR count). The van der Waals surface area contributed by atoms with Crippen LogP contribution in [0.3, 0.4) is 0 Å². The normalized spacial score (nSPS) is 14.1.